The van der Waals surface area contributed by atoms with E-state index in [-0.39, 0.29) is 6.54 Å². The molecule has 1 aliphatic heterocycles. The molecule has 2 aromatic rings. The Hall–Kier alpha value is -1.25. The first-order chi connectivity index (χ1) is 12.4. The van der Waals surface area contributed by atoms with Crippen molar-refractivity contribution in [3.8, 4) is 0 Å². The van der Waals surface area contributed by atoms with E-state index in [2.05, 4.69) is 37.7 Å². The van der Waals surface area contributed by atoms with Crippen molar-refractivity contribution in [2.45, 2.75) is 24.9 Å². The minimum Gasteiger partial charge on any atom is -0.379 e. The SMILES string of the molecule is Cc1ccc(Br)cc1S(=O)(=O)NCc1ccc(CN2CCOCC2)cc1. The predicted octanol–water partition coefficient (Wildman–Crippen LogP) is 3.07. The van der Waals surface area contributed by atoms with E-state index in [1.807, 2.05) is 18.2 Å². The molecule has 0 saturated carbocycles. The molecule has 0 bridgehead atoms. The second-order valence-electron chi connectivity index (χ2n) is 6.44. The van der Waals surface area contributed by atoms with Gasteiger partial charge in [-0.3, -0.25) is 4.90 Å². The van der Waals surface area contributed by atoms with Crippen molar-refractivity contribution >= 4 is 26.0 Å². The molecule has 1 N–H and O–H groups in total. The zero-order valence-corrected chi connectivity index (χ0v) is 17.1. The van der Waals surface area contributed by atoms with Gasteiger partial charge in [0.25, 0.3) is 0 Å². The van der Waals surface area contributed by atoms with Crippen molar-refractivity contribution in [1.29, 1.82) is 0 Å². The number of ether oxygens (including phenoxy) is 1. The minimum absolute atomic E-state index is 0.270. The topological polar surface area (TPSA) is 58.6 Å². The highest BCUT2D eigenvalue weighted by molar-refractivity contribution is 9.10. The minimum atomic E-state index is -3.55. The van der Waals surface area contributed by atoms with Crippen LogP contribution in [0.5, 0.6) is 0 Å². The smallest absolute Gasteiger partial charge is 0.241 e. The van der Waals surface area contributed by atoms with Crippen molar-refractivity contribution < 1.29 is 13.2 Å². The maximum absolute atomic E-state index is 12.6. The first kappa shape index (κ1) is 19.5. The van der Waals surface area contributed by atoms with Gasteiger partial charge >= 0.3 is 0 Å². The maximum atomic E-state index is 12.6. The van der Waals surface area contributed by atoms with Crippen LogP contribution < -0.4 is 4.72 Å². The van der Waals surface area contributed by atoms with Crippen LogP contribution >= 0.6 is 15.9 Å². The van der Waals surface area contributed by atoms with Crippen molar-refractivity contribution in [1.82, 2.24) is 9.62 Å². The van der Waals surface area contributed by atoms with Crippen molar-refractivity contribution in [2.75, 3.05) is 26.3 Å². The van der Waals surface area contributed by atoms with Crippen LogP contribution in [-0.4, -0.2) is 39.6 Å². The van der Waals surface area contributed by atoms with Gasteiger partial charge < -0.3 is 4.74 Å². The summed E-state index contributed by atoms with van der Waals surface area (Å²) in [6, 6.07) is 13.3. The summed E-state index contributed by atoms with van der Waals surface area (Å²) in [5, 5.41) is 0. The van der Waals surface area contributed by atoms with Gasteiger partial charge in [0, 0.05) is 30.7 Å². The Morgan fingerprint density at radius 3 is 2.42 bits per heavy atom. The number of halogens is 1. The molecule has 0 radical (unpaired) electrons. The zero-order valence-electron chi connectivity index (χ0n) is 14.7. The molecule has 0 unspecified atom stereocenters. The molecular weight excluding hydrogens is 416 g/mol. The van der Waals surface area contributed by atoms with Crippen molar-refractivity contribution in [2.24, 2.45) is 0 Å². The van der Waals surface area contributed by atoms with Crippen LogP contribution in [0.1, 0.15) is 16.7 Å². The Morgan fingerprint density at radius 2 is 1.73 bits per heavy atom. The predicted molar refractivity (Wildman–Crippen MR) is 105 cm³/mol. The third kappa shape index (κ3) is 5.14. The summed E-state index contributed by atoms with van der Waals surface area (Å²) in [7, 11) is -3.55. The van der Waals surface area contributed by atoms with Gasteiger partial charge in [0.05, 0.1) is 18.1 Å². The van der Waals surface area contributed by atoms with Crippen LogP contribution in [0, 0.1) is 6.92 Å². The number of aryl methyl sites for hydroxylation is 1. The van der Waals surface area contributed by atoms with Crippen LogP contribution in [0.4, 0.5) is 0 Å². The van der Waals surface area contributed by atoms with E-state index in [1.54, 1.807) is 19.1 Å². The number of benzene rings is 2. The molecule has 0 aliphatic carbocycles. The molecule has 1 saturated heterocycles. The third-order valence-electron chi connectivity index (χ3n) is 4.44. The fourth-order valence-electron chi connectivity index (χ4n) is 2.90. The summed E-state index contributed by atoms with van der Waals surface area (Å²) in [6.45, 7) is 6.44. The largest absolute Gasteiger partial charge is 0.379 e. The van der Waals surface area contributed by atoms with E-state index < -0.39 is 10.0 Å². The Labute approximate surface area is 163 Å². The molecule has 1 fully saturated rings. The molecule has 0 amide bonds. The van der Waals surface area contributed by atoms with Crippen molar-refractivity contribution in [3.63, 3.8) is 0 Å². The number of hydrogen-bond donors (Lipinski definition) is 1. The molecular formula is C19H23BrN2O3S. The standard InChI is InChI=1S/C19H23BrN2O3S/c1-15-2-7-18(20)12-19(15)26(23,24)21-13-16-3-5-17(6-4-16)14-22-8-10-25-11-9-22/h2-7,12,21H,8-11,13-14H2,1H3. The van der Waals surface area contributed by atoms with Gasteiger partial charge in [-0.1, -0.05) is 46.3 Å². The lowest BCUT2D eigenvalue weighted by molar-refractivity contribution is 0.0342. The van der Waals surface area contributed by atoms with Gasteiger partial charge in [-0.15, -0.1) is 0 Å². The summed E-state index contributed by atoms with van der Waals surface area (Å²) >= 11 is 3.33. The fraction of sp³-hybridized carbons (Fsp3) is 0.368. The lowest BCUT2D eigenvalue weighted by atomic mass is 10.1. The third-order valence-corrected chi connectivity index (χ3v) is 6.48. The molecule has 0 atom stereocenters. The summed E-state index contributed by atoms with van der Waals surface area (Å²) in [5.74, 6) is 0. The van der Waals surface area contributed by atoms with Crippen molar-refractivity contribution in [3.05, 3.63) is 63.6 Å². The molecule has 0 aromatic heterocycles. The van der Waals surface area contributed by atoms with Gasteiger partial charge in [-0.2, -0.15) is 0 Å². The van der Waals surface area contributed by atoms with E-state index in [0.717, 1.165) is 48.4 Å². The first-order valence-corrected chi connectivity index (χ1v) is 10.9. The fourth-order valence-corrected chi connectivity index (χ4v) is 4.70. The summed E-state index contributed by atoms with van der Waals surface area (Å²) in [4.78, 5) is 2.66. The molecule has 0 spiro atoms. The Kier molecular flexibility index (Phi) is 6.47. The molecule has 1 aliphatic rings. The quantitative estimate of drug-likeness (QED) is 0.752. The molecule has 140 valence electrons. The highest BCUT2D eigenvalue weighted by Gasteiger charge is 2.17. The number of nitrogens with zero attached hydrogens (tertiary/aromatic N) is 1. The highest BCUT2D eigenvalue weighted by atomic mass is 79.9. The van der Waals surface area contributed by atoms with Crippen LogP contribution in [0.3, 0.4) is 0 Å². The van der Waals surface area contributed by atoms with E-state index in [9.17, 15) is 8.42 Å². The van der Waals surface area contributed by atoms with E-state index in [0.29, 0.717) is 4.90 Å². The van der Waals surface area contributed by atoms with Gasteiger partial charge in [-0.25, -0.2) is 13.1 Å². The summed E-state index contributed by atoms with van der Waals surface area (Å²) < 4.78 is 33.9. The normalized spacial score (nSPS) is 15.9. The molecule has 1 heterocycles. The molecule has 2 aromatic carbocycles. The van der Waals surface area contributed by atoms with Gasteiger partial charge in [0.2, 0.25) is 10.0 Å². The van der Waals surface area contributed by atoms with Crippen LogP contribution in [-0.2, 0) is 27.8 Å². The van der Waals surface area contributed by atoms with Gasteiger partial charge in [0.15, 0.2) is 0 Å². The lowest BCUT2D eigenvalue weighted by Crippen LogP contribution is -2.35. The van der Waals surface area contributed by atoms with Crippen LogP contribution in [0.25, 0.3) is 0 Å². The number of nitrogens with one attached hydrogen (secondary N) is 1. The molecule has 26 heavy (non-hydrogen) atoms. The maximum Gasteiger partial charge on any atom is 0.241 e. The number of sulfonamides is 1. The second-order valence-corrected chi connectivity index (χ2v) is 9.09. The zero-order chi connectivity index (χ0) is 18.6. The number of morpholine rings is 1. The highest BCUT2D eigenvalue weighted by Crippen LogP contribution is 2.20. The Bertz CT molecular complexity index is 848. The van der Waals surface area contributed by atoms with Crippen LogP contribution in [0.15, 0.2) is 51.8 Å². The summed E-state index contributed by atoms with van der Waals surface area (Å²) in [6.07, 6.45) is 0. The molecule has 7 heteroatoms. The van der Waals surface area contributed by atoms with Gasteiger partial charge in [0.1, 0.15) is 0 Å². The second kappa shape index (κ2) is 8.63. The number of rotatable bonds is 6. The molecule has 5 nitrogen and oxygen atoms in total. The van der Waals surface area contributed by atoms with E-state index in [1.165, 1.54) is 5.56 Å². The lowest BCUT2D eigenvalue weighted by Gasteiger charge is -2.26. The monoisotopic (exact) mass is 438 g/mol. The summed E-state index contributed by atoms with van der Waals surface area (Å²) in [5.41, 5.74) is 2.88. The number of hydrogen-bond acceptors (Lipinski definition) is 4. The first-order valence-electron chi connectivity index (χ1n) is 8.58. The van der Waals surface area contributed by atoms with E-state index in [4.69, 9.17) is 4.74 Å². The van der Waals surface area contributed by atoms with E-state index >= 15 is 0 Å². The average Bonchev–Trinajstić information content (AvgIpc) is 2.64. The average molecular weight is 439 g/mol. The van der Waals surface area contributed by atoms with Gasteiger partial charge in [-0.05, 0) is 35.7 Å². The molecule has 3 rings (SSSR count). The Balaban J connectivity index is 1.61. The Morgan fingerprint density at radius 1 is 1.08 bits per heavy atom. The van der Waals surface area contributed by atoms with Crippen LogP contribution in [0.2, 0.25) is 0 Å².